The first-order chi connectivity index (χ1) is 11.4. The Morgan fingerprint density at radius 2 is 1.58 bits per heavy atom. The van der Waals surface area contributed by atoms with Gasteiger partial charge < -0.3 is 19.5 Å². The number of hydrogen-bond donors (Lipinski definition) is 1. The third kappa shape index (κ3) is 4.41. The molecule has 5 nitrogen and oxygen atoms in total. The second kappa shape index (κ2) is 7.73. The number of methoxy groups -OCH3 is 2. The van der Waals surface area contributed by atoms with Crippen molar-refractivity contribution in [2.75, 3.05) is 19.5 Å². The molecule has 0 radical (unpaired) electrons. The summed E-state index contributed by atoms with van der Waals surface area (Å²) in [5.41, 5.74) is 2.81. The van der Waals surface area contributed by atoms with Gasteiger partial charge in [-0.3, -0.25) is 4.79 Å². The fourth-order valence-electron chi connectivity index (χ4n) is 2.42. The van der Waals surface area contributed by atoms with E-state index in [9.17, 15) is 4.79 Å². The summed E-state index contributed by atoms with van der Waals surface area (Å²) in [5, 5.41) is 2.82. The van der Waals surface area contributed by atoms with Crippen molar-refractivity contribution in [2.24, 2.45) is 0 Å². The van der Waals surface area contributed by atoms with Gasteiger partial charge in [-0.05, 0) is 56.2 Å². The summed E-state index contributed by atoms with van der Waals surface area (Å²) in [7, 11) is 3.12. The molecule has 128 valence electrons. The summed E-state index contributed by atoms with van der Waals surface area (Å²) >= 11 is 0. The third-order valence-electron chi connectivity index (χ3n) is 3.53. The van der Waals surface area contributed by atoms with Crippen LogP contribution < -0.4 is 19.5 Å². The molecule has 1 N–H and O–H groups in total. The van der Waals surface area contributed by atoms with Crippen LogP contribution in [0.4, 0.5) is 5.69 Å². The Balaban J connectivity index is 2.06. The van der Waals surface area contributed by atoms with Crippen LogP contribution in [-0.4, -0.2) is 26.2 Å². The zero-order chi connectivity index (χ0) is 17.7. The van der Waals surface area contributed by atoms with E-state index in [0.29, 0.717) is 22.9 Å². The van der Waals surface area contributed by atoms with Crippen LogP contribution in [0.3, 0.4) is 0 Å². The summed E-state index contributed by atoms with van der Waals surface area (Å²) in [4.78, 5) is 12.3. The van der Waals surface area contributed by atoms with Gasteiger partial charge >= 0.3 is 0 Å². The van der Waals surface area contributed by atoms with E-state index in [1.165, 1.54) is 0 Å². The molecule has 0 fully saturated rings. The lowest BCUT2D eigenvalue weighted by Crippen LogP contribution is -2.30. The quantitative estimate of drug-likeness (QED) is 0.877. The maximum absolute atomic E-state index is 12.3. The van der Waals surface area contributed by atoms with Gasteiger partial charge in [0.2, 0.25) is 0 Å². The summed E-state index contributed by atoms with van der Waals surface area (Å²) in [6.45, 7) is 5.70. The van der Waals surface area contributed by atoms with Crippen molar-refractivity contribution in [3.63, 3.8) is 0 Å². The minimum Gasteiger partial charge on any atom is -0.493 e. The molecule has 0 aliphatic rings. The number of anilines is 1. The average molecular weight is 329 g/mol. The lowest BCUT2D eigenvalue weighted by Gasteiger charge is -2.16. The van der Waals surface area contributed by atoms with E-state index in [-0.39, 0.29) is 5.91 Å². The van der Waals surface area contributed by atoms with Gasteiger partial charge in [-0.2, -0.15) is 0 Å². The van der Waals surface area contributed by atoms with E-state index < -0.39 is 6.10 Å². The zero-order valence-corrected chi connectivity index (χ0v) is 14.7. The highest BCUT2D eigenvalue weighted by Gasteiger charge is 2.16. The number of carbonyl (C=O) groups is 1. The molecule has 0 spiro atoms. The first kappa shape index (κ1) is 17.7. The first-order valence-corrected chi connectivity index (χ1v) is 7.70. The molecule has 2 aromatic carbocycles. The topological polar surface area (TPSA) is 56.8 Å². The van der Waals surface area contributed by atoms with Gasteiger partial charge in [-0.1, -0.05) is 6.07 Å². The molecule has 0 unspecified atom stereocenters. The van der Waals surface area contributed by atoms with Crippen LogP contribution >= 0.6 is 0 Å². The predicted molar refractivity (Wildman–Crippen MR) is 94.2 cm³/mol. The van der Waals surface area contributed by atoms with Crippen molar-refractivity contribution >= 4 is 11.6 Å². The van der Waals surface area contributed by atoms with Gasteiger partial charge in [0.1, 0.15) is 5.75 Å². The number of rotatable bonds is 6. The molecule has 0 saturated heterocycles. The SMILES string of the molecule is COc1ccc(NC(=O)[C@H](C)Oc2cc(C)cc(C)c2)cc1OC. The fraction of sp³-hybridized carbons (Fsp3) is 0.316. The van der Waals surface area contributed by atoms with Crippen molar-refractivity contribution in [3.05, 3.63) is 47.5 Å². The molecule has 2 rings (SSSR count). The highest BCUT2D eigenvalue weighted by Crippen LogP contribution is 2.29. The molecule has 24 heavy (non-hydrogen) atoms. The second-order valence-electron chi connectivity index (χ2n) is 5.64. The molecule has 0 aliphatic carbocycles. The van der Waals surface area contributed by atoms with Crippen molar-refractivity contribution in [2.45, 2.75) is 26.9 Å². The van der Waals surface area contributed by atoms with E-state index in [1.807, 2.05) is 26.0 Å². The van der Waals surface area contributed by atoms with Crippen LogP contribution in [0.25, 0.3) is 0 Å². The molecule has 5 heteroatoms. The van der Waals surface area contributed by atoms with Crippen molar-refractivity contribution in [3.8, 4) is 17.2 Å². The van der Waals surface area contributed by atoms with Crippen molar-refractivity contribution in [1.29, 1.82) is 0 Å². The average Bonchev–Trinajstić information content (AvgIpc) is 2.53. The molecular weight excluding hydrogens is 306 g/mol. The molecular formula is C19H23NO4. The second-order valence-corrected chi connectivity index (χ2v) is 5.64. The predicted octanol–water partition coefficient (Wildman–Crippen LogP) is 3.73. The van der Waals surface area contributed by atoms with Crippen LogP contribution in [0, 0.1) is 13.8 Å². The van der Waals surface area contributed by atoms with E-state index in [4.69, 9.17) is 14.2 Å². The number of amides is 1. The monoisotopic (exact) mass is 329 g/mol. The Morgan fingerprint density at radius 1 is 0.958 bits per heavy atom. The normalized spacial score (nSPS) is 11.5. The third-order valence-corrected chi connectivity index (χ3v) is 3.53. The van der Waals surface area contributed by atoms with Crippen LogP contribution in [0.15, 0.2) is 36.4 Å². The lowest BCUT2D eigenvalue weighted by atomic mass is 10.1. The minimum absolute atomic E-state index is 0.235. The Kier molecular flexibility index (Phi) is 5.68. The van der Waals surface area contributed by atoms with E-state index in [0.717, 1.165) is 11.1 Å². The van der Waals surface area contributed by atoms with Gasteiger partial charge in [-0.15, -0.1) is 0 Å². The van der Waals surface area contributed by atoms with Crippen LogP contribution in [0.1, 0.15) is 18.1 Å². The highest BCUT2D eigenvalue weighted by molar-refractivity contribution is 5.94. The first-order valence-electron chi connectivity index (χ1n) is 7.70. The van der Waals surface area contributed by atoms with Gasteiger partial charge in [0.25, 0.3) is 5.91 Å². The fourth-order valence-corrected chi connectivity index (χ4v) is 2.42. The van der Waals surface area contributed by atoms with Crippen LogP contribution in [0.2, 0.25) is 0 Å². The maximum Gasteiger partial charge on any atom is 0.265 e. The summed E-state index contributed by atoms with van der Waals surface area (Å²) in [6, 6.07) is 11.1. The van der Waals surface area contributed by atoms with Crippen LogP contribution in [-0.2, 0) is 4.79 Å². The van der Waals surface area contributed by atoms with Crippen molar-refractivity contribution < 1.29 is 19.0 Å². The Hall–Kier alpha value is -2.69. The molecule has 0 heterocycles. The van der Waals surface area contributed by atoms with Gasteiger partial charge in [-0.25, -0.2) is 0 Å². The largest absolute Gasteiger partial charge is 0.493 e. The highest BCUT2D eigenvalue weighted by atomic mass is 16.5. The van der Waals surface area contributed by atoms with Crippen molar-refractivity contribution in [1.82, 2.24) is 0 Å². The number of aryl methyl sites for hydroxylation is 2. The Labute approximate surface area is 142 Å². The van der Waals surface area contributed by atoms with Crippen LogP contribution in [0.5, 0.6) is 17.2 Å². The Bertz CT molecular complexity index is 707. The Morgan fingerprint density at radius 3 is 2.17 bits per heavy atom. The number of ether oxygens (including phenoxy) is 3. The smallest absolute Gasteiger partial charge is 0.265 e. The summed E-state index contributed by atoms with van der Waals surface area (Å²) < 4.78 is 16.2. The maximum atomic E-state index is 12.3. The van der Waals surface area contributed by atoms with E-state index in [2.05, 4.69) is 11.4 Å². The van der Waals surface area contributed by atoms with E-state index in [1.54, 1.807) is 39.3 Å². The summed E-state index contributed by atoms with van der Waals surface area (Å²) in [6.07, 6.45) is -0.626. The van der Waals surface area contributed by atoms with Gasteiger partial charge in [0.05, 0.1) is 14.2 Å². The minimum atomic E-state index is -0.626. The zero-order valence-electron chi connectivity index (χ0n) is 14.7. The molecule has 0 saturated carbocycles. The van der Waals surface area contributed by atoms with E-state index >= 15 is 0 Å². The number of benzene rings is 2. The molecule has 0 bridgehead atoms. The number of nitrogens with one attached hydrogen (secondary N) is 1. The van der Waals surface area contributed by atoms with Gasteiger partial charge in [0.15, 0.2) is 17.6 Å². The molecule has 0 aromatic heterocycles. The number of hydrogen-bond acceptors (Lipinski definition) is 4. The molecule has 2 aromatic rings. The lowest BCUT2D eigenvalue weighted by molar-refractivity contribution is -0.122. The summed E-state index contributed by atoms with van der Waals surface area (Å²) in [5.74, 6) is 1.61. The molecule has 1 amide bonds. The molecule has 0 aliphatic heterocycles. The standard InChI is InChI=1S/C19H23NO4/c1-12-8-13(2)10-16(9-12)24-14(3)19(21)20-15-6-7-17(22-4)18(11-15)23-5/h6-11,14H,1-5H3,(H,20,21)/t14-/m0/s1. The van der Waals surface area contributed by atoms with Gasteiger partial charge in [0, 0.05) is 11.8 Å². The molecule has 1 atom stereocenters. The number of carbonyl (C=O) groups excluding carboxylic acids is 1.